The first-order chi connectivity index (χ1) is 28.7. The van der Waals surface area contributed by atoms with Crippen LogP contribution in [0.3, 0.4) is 0 Å². The summed E-state index contributed by atoms with van der Waals surface area (Å²) in [6.07, 6.45) is 0.0498. The number of nitrogens with two attached hydrogens (primary N) is 2. The molecule has 1 fully saturated rings. The van der Waals surface area contributed by atoms with E-state index in [2.05, 4.69) is 57.3 Å². The van der Waals surface area contributed by atoms with Crippen LogP contribution in [0.25, 0.3) is 11.4 Å². The second-order valence-corrected chi connectivity index (χ2v) is 13.9. The third-order valence-electron chi connectivity index (χ3n) is 9.07. The van der Waals surface area contributed by atoms with Crippen LogP contribution in [-0.2, 0) is 46.4 Å². The van der Waals surface area contributed by atoms with Gasteiger partial charge in [-0.1, -0.05) is 36.4 Å². The van der Waals surface area contributed by atoms with E-state index in [1.165, 1.54) is 24.3 Å². The quantitative estimate of drug-likeness (QED) is 0.0409. The number of hydrogen-bond acceptors (Lipinski definition) is 13. The van der Waals surface area contributed by atoms with Crippen molar-refractivity contribution in [2.75, 3.05) is 19.6 Å². The summed E-state index contributed by atoms with van der Waals surface area (Å²) in [4.78, 5) is 95.8. The van der Waals surface area contributed by atoms with Gasteiger partial charge in [-0.25, -0.2) is 0 Å². The molecule has 2 heterocycles. The normalized spacial score (nSPS) is 18.9. The molecule has 2 aromatic carbocycles. The van der Waals surface area contributed by atoms with E-state index in [0.29, 0.717) is 35.6 Å². The molecule has 4 atom stereocenters. The Labute approximate surface area is 344 Å². The lowest BCUT2D eigenvalue weighted by molar-refractivity contribution is -0.141. The smallest absolute Gasteiger partial charge is 0.305 e. The molecular weight excluding hydrogens is 782 g/mol. The van der Waals surface area contributed by atoms with Gasteiger partial charge in [0, 0.05) is 25.1 Å². The van der Waals surface area contributed by atoms with Crippen LogP contribution in [0, 0.1) is 6.92 Å². The molecule has 0 saturated carbocycles. The Balaban J connectivity index is 1.49. The average Bonchev–Trinajstić information content (AvgIpc) is 3.20. The summed E-state index contributed by atoms with van der Waals surface area (Å²) in [6, 6.07) is 7.28. The van der Waals surface area contributed by atoms with Gasteiger partial charge >= 0.3 is 5.97 Å². The number of aromatic hydroxyl groups is 1. The molecule has 0 aliphatic carbocycles. The highest BCUT2D eigenvalue weighted by atomic mass is 16.4. The number of guanidine groups is 1. The number of aromatic nitrogens is 4. The highest BCUT2D eigenvalue weighted by Crippen LogP contribution is 2.15. The van der Waals surface area contributed by atoms with Crippen LogP contribution in [0.1, 0.15) is 55.5 Å². The molecule has 6 amide bonds. The fraction of sp³-hybridized carbons (Fsp3) is 0.421. The van der Waals surface area contributed by atoms with E-state index in [9.17, 15) is 43.8 Å². The van der Waals surface area contributed by atoms with Gasteiger partial charge in [0.15, 0.2) is 11.8 Å². The number of phenolic OH excluding ortho intramolecular Hbond substituents is 1. The molecule has 1 unspecified atom stereocenters. The van der Waals surface area contributed by atoms with Crippen LogP contribution in [-0.4, -0.2) is 122 Å². The third-order valence-corrected chi connectivity index (χ3v) is 9.07. The second-order valence-electron chi connectivity index (χ2n) is 13.9. The second kappa shape index (κ2) is 22.6. The molecule has 22 heteroatoms. The Bertz CT molecular complexity index is 2010. The topological polar surface area (TPSA) is 348 Å². The Morgan fingerprint density at radius 2 is 1.33 bits per heavy atom. The number of amides is 6. The van der Waals surface area contributed by atoms with Gasteiger partial charge < -0.3 is 53.6 Å². The van der Waals surface area contributed by atoms with Gasteiger partial charge in [0.25, 0.3) is 0 Å². The van der Waals surface area contributed by atoms with Crippen molar-refractivity contribution in [2.24, 2.45) is 16.5 Å². The van der Waals surface area contributed by atoms with Gasteiger partial charge in [0.2, 0.25) is 41.3 Å². The maximum absolute atomic E-state index is 14.0. The zero-order valence-electron chi connectivity index (χ0n) is 32.8. The molecule has 22 nitrogen and oxygen atoms in total. The molecule has 1 aliphatic heterocycles. The van der Waals surface area contributed by atoms with E-state index in [4.69, 9.17) is 11.5 Å². The minimum Gasteiger partial charge on any atom is -0.508 e. The lowest BCUT2D eigenvalue weighted by Gasteiger charge is -2.26. The molecule has 12 N–H and O–H groups in total. The van der Waals surface area contributed by atoms with Crippen molar-refractivity contribution < 1.29 is 43.8 Å². The van der Waals surface area contributed by atoms with Gasteiger partial charge in [0.1, 0.15) is 29.9 Å². The highest BCUT2D eigenvalue weighted by Gasteiger charge is 2.33. The maximum Gasteiger partial charge on any atom is 0.305 e. The van der Waals surface area contributed by atoms with Crippen LogP contribution in [0.5, 0.6) is 5.75 Å². The Kier molecular flexibility index (Phi) is 17.1. The number of aliphatic carboxylic acids is 1. The minimum atomic E-state index is -1.64. The summed E-state index contributed by atoms with van der Waals surface area (Å²) in [6.45, 7) is 1.35. The van der Waals surface area contributed by atoms with E-state index in [1.807, 2.05) is 0 Å². The molecule has 4 rings (SSSR count). The SMILES string of the molecule is Cc1nnc(-c2ccc(CC(=O)NCCCC[C@@H]3NC(=O)C(Cc4ccc(O)cc4)NC(=O)[C@H](CC(=O)O)NC(=O)CNC(=O)[C@@H](CCCN=C(N)N)NC3=O)cc2)nn1. The van der Waals surface area contributed by atoms with Gasteiger partial charge in [-0.15, -0.1) is 20.4 Å². The first-order valence-corrected chi connectivity index (χ1v) is 19.1. The van der Waals surface area contributed by atoms with E-state index in [1.54, 1.807) is 31.2 Å². The largest absolute Gasteiger partial charge is 0.508 e. The summed E-state index contributed by atoms with van der Waals surface area (Å²) in [5.74, 6) is -5.40. The van der Waals surface area contributed by atoms with E-state index in [0.717, 1.165) is 5.56 Å². The van der Waals surface area contributed by atoms with Crippen molar-refractivity contribution >= 4 is 47.4 Å². The fourth-order valence-electron chi connectivity index (χ4n) is 5.97. The number of carboxylic acid groups (broad SMARTS) is 1. The number of unbranched alkanes of at least 4 members (excludes halogenated alkanes) is 1. The molecule has 1 aliphatic rings. The number of aliphatic imine (C=N–C) groups is 1. The first-order valence-electron chi connectivity index (χ1n) is 19.1. The summed E-state index contributed by atoms with van der Waals surface area (Å²) in [5, 5.41) is 50.4. The van der Waals surface area contributed by atoms with Crippen molar-refractivity contribution in [3.63, 3.8) is 0 Å². The summed E-state index contributed by atoms with van der Waals surface area (Å²) in [7, 11) is 0. The molecule has 0 bridgehead atoms. The van der Waals surface area contributed by atoms with Gasteiger partial charge in [-0.3, -0.25) is 38.6 Å². The number of carbonyl (C=O) groups excluding carboxylic acids is 6. The Morgan fingerprint density at radius 3 is 1.98 bits per heavy atom. The van der Waals surface area contributed by atoms with Crippen LogP contribution in [0.2, 0.25) is 0 Å². The summed E-state index contributed by atoms with van der Waals surface area (Å²) < 4.78 is 0. The number of aryl methyl sites for hydroxylation is 1. The van der Waals surface area contributed by atoms with Crippen LogP contribution < -0.4 is 43.4 Å². The Morgan fingerprint density at radius 1 is 0.750 bits per heavy atom. The zero-order chi connectivity index (χ0) is 43.6. The number of carbonyl (C=O) groups is 7. The number of nitrogens with one attached hydrogen (secondary N) is 6. The predicted octanol–water partition coefficient (Wildman–Crippen LogP) is -2.38. The van der Waals surface area contributed by atoms with Crippen molar-refractivity contribution in [1.29, 1.82) is 0 Å². The van der Waals surface area contributed by atoms with Gasteiger partial charge in [0.05, 0.1) is 19.4 Å². The number of phenols is 1. The molecule has 320 valence electrons. The number of hydrogen-bond donors (Lipinski definition) is 10. The fourth-order valence-corrected chi connectivity index (χ4v) is 5.97. The molecule has 1 aromatic heterocycles. The first kappa shape index (κ1) is 45.4. The van der Waals surface area contributed by atoms with Gasteiger partial charge in [-0.05, 0) is 62.3 Å². The summed E-state index contributed by atoms with van der Waals surface area (Å²) >= 11 is 0. The van der Waals surface area contributed by atoms with Crippen molar-refractivity contribution in [1.82, 2.24) is 52.3 Å². The monoisotopic (exact) mass is 831 g/mol. The summed E-state index contributed by atoms with van der Waals surface area (Å²) in [5.41, 5.74) is 12.7. The third kappa shape index (κ3) is 15.2. The van der Waals surface area contributed by atoms with E-state index < -0.39 is 72.6 Å². The zero-order valence-corrected chi connectivity index (χ0v) is 32.8. The standard InChI is InChI=1S/C38H49N13O9/c1-21-48-50-33(51-49-21)24-11-7-23(8-12-24)18-30(53)41-15-3-2-5-27-35(58)45-26(6-4-16-42-38(39)40)34(57)43-20-31(54)44-29(19-32(55)56)37(60)47-28(36(59)46-27)17-22-9-13-25(52)14-10-22/h7-14,26-29,52H,2-6,15-20H2,1H3,(H,41,53)(H,43,57)(H,44,54)(H,45,58)(H,46,59)(H,47,60)(H,55,56)(H4,39,40,42)/t26-,27+,28?,29+/m1/s1. The van der Waals surface area contributed by atoms with Crippen molar-refractivity contribution in [3.05, 3.63) is 65.5 Å². The number of benzene rings is 2. The van der Waals surface area contributed by atoms with Crippen LogP contribution in [0.4, 0.5) is 0 Å². The molecule has 0 radical (unpaired) electrons. The van der Waals surface area contributed by atoms with E-state index >= 15 is 0 Å². The molecule has 0 spiro atoms. The number of carboxylic acids is 1. The number of rotatable bonds is 16. The minimum absolute atomic E-state index is 0.0186. The van der Waals surface area contributed by atoms with E-state index in [-0.39, 0.29) is 62.8 Å². The lowest BCUT2D eigenvalue weighted by atomic mass is 10.0. The predicted molar refractivity (Wildman–Crippen MR) is 213 cm³/mol. The Hall–Kier alpha value is -7.26. The maximum atomic E-state index is 14.0. The molecule has 1 saturated heterocycles. The van der Waals surface area contributed by atoms with Gasteiger partial charge in [-0.2, -0.15) is 0 Å². The average molecular weight is 832 g/mol. The molecular formula is C38H49N13O9. The number of nitrogens with zero attached hydrogens (tertiary/aromatic N) is 5. The van der Waals surface area contributed by atoms with Crippen molar-refractivity contribution in [2.45, 2.75) is 82.5 Å². The highest BCUT2D eigenvalue weighted by molar-refractivity contribution is 5.98. The lowest BCUT2D eigenvalue weighted by Crippen LogP contribution is -2.58. The molecule has 3 aromatic rings. The molecule has 60 heavy (non-hydrogen) atoms. The van der Waals surface area contributed by atoms with Crippen LogP contribution in [0.15, 0.2) is 53.5 Å². The van der Waals surface area contributed by atoms with Crippen LogP contribution >= 0.6 is 0 Å². The van der Waals surface area contributed by atoms with Crippen molar-refractivity contribution in [3.8, 4) is 17.1 Å².